The highest BCUT2D eigenvalue weighted by molar-refractivity contribution is 7.89. The van der Waals surface area contributed by atoms with Gasteiger partial charge < -0.3 is 5.73 Å². The largest absolute Gasteiger partial charge is 0.326 e. The van der Waals surface area contributed by atoms with Crippen molar-refractivity contribution in [1.29, 1.82) is 0 Å². The molecule has 1 aromatic heterocycles. The summed E-state index contributed by atoms with van der Waals surface area (Å²) in [5.74, 6) is 0.341. The van der Waals surface area contributed by atoms with Crippen LogP contribution in [0.2, 0.25) is 0 Å². The van der Waals surface area contributed by atoms with Gasteiger partial charge in [-0.25, -0.2) is 18.1 Å². The molecule has 0 bridgehead atoms. The fourth-order valence-corrected chi connectivity index (χ4v) is 3.77. The van der Waals surface area contributed by atoms with Crippen molar-refractivity contribution in [3.8, 4) is 0 Å². The van der Waals surface area contributed by atoms with E-state index in [2.05, 4.69) is 37.4 Å². The van der Waals surface area contributed by atoms with Gasteiger partial charge in [0, 0.05) is 19.3 Å². The Labute approximate surface area is 121 Å². The summed E-state index contributed by atoms with van der Waals surface area (Å²) in [6, 6.07) is 3.18. The molecule has 6 heteroatoms. The van der Waals surface area contributed by atoms with Crippen LogP contribution in [0.5, 0.6) is 0 Å². The van der Waals surface area contributed by atoms with Crippen LogP contribution in [0.3, 0.4) is 0 Å². The van der Waals surface area contributed by atoms with Crippen molar-refractivity contribution >= 4 is 10.0 Å². The maximum absolute atomic E-state index is 12.2. The molecule has 2 rings (SSSR count). The number of rotatable bonds is 5. The molecule has 0 amide bonds. The molecule has 3 N–H and O–H groups in total. The molecule has 0 radical (unpaired) electrons. The molecular formula is C14H23N3O2S. The smallest absolute Gasteiger partial charge is 0.258 e. The zero-order valence-corrected chi connectivity index (χ0v) is 13.3. The number of aromatic nitrogens is 1. The summed E-state index contributed by atoms with van der Waals surface area (Å²) in [7, 11) is -3.54. The second kappa shape index (κ2) is 4.79. The van der Waals surface area contributed by atoms with Crippen LogP contribution in [0.15, 0.2) is 23.4 Å². The average molecular weight is 297 g/mol. The van der Waals surface area contributed by atoms with Gasteiger partial charge in [-0.15, -0.1) is 0 Å². The zero-order valence-electron chi connectivity index (χ0n) is 12.5. The van der Waals surface area contributed by atoms with E-state index < -0.39 is 10.0 Å². The van der Waals surface area contributed by atoms with E-state index in [1.807, 2.05) is 0 Å². The van der Waals surface area contributed by atoms with Gasteiger partial charge in [0.05, 0.1) is 0 Å². The highest BCUT2D eigenvalue weighted by atomic mass is 32.2. The van der Waals surface area contributed by atoms with Crippen LogP contribution in [-0.4, -0.2) is 19.9 Å². The number of pyridine rings is 1. The monoisotopic (exact) mass is 297 g/mol. The van der Waals surface area contributed by atoms with E-state index in [9.17, 15) is 8.42 Å². The summed E-state index contributed by atoms with van der Waals surface area (Å²) in [5.41, 5.74) is 6.60. The predicted octanol–water partition coefficient (Wildman–Crippen LogP) is 1.50. The lowest BCUT2D eigenvalue weighted by Gasteiger charge is -2.07. The summed E-state index contributed by atoms with van der Waals surface area (Å²) < 4.78 is 27.0. The Bertz CT molecular complexity index is 577. The Balaban J connectivity index is 2.05. The third-order valence-electron chi connectivity index (χ3n) is 5.11. The number of hydrogen-bond donors (Lipinski definition) is 2. The van der Waals surface area contributed by atoms with Crippen molar-refractivity contribution in [2.24, 2.45) is 22.5 Å². The van der Waals surface area contributed by atoms with E-state index >= 15 is 0 Å². The van der Waals surface area contributed by atoms with Crippen LogP contribution < -0.4 is 10.5 Å². The Morgan fingerprint density at radius 2 is 1.85 bits per heavy atom. The van der Waals surface area contributed by atoms with E-state index in [1.54, 1.807) is 6.07 Å². The number of hydrogen-bond acceptors (Lipinski definition) is 4. The molecule has 1 aliphatic carbocycles. The number of nitrogens with two attached hydrogens (primary N) is 1. The second-order valence-electron chi connectivity index (χ2n) is 6.56. The van der Waals surface area contributed by atoms with E-state index in [-0.39, 0.29) is 15.9 Å². The molecule has 1 fully saturated rings. The van der Waals surface area contributed by atoms with Gasteiger partial charge in [0.1, 0.15) is 0 Å². The molecule has 0 aliphatic heterocycles. The molecule has 0 saturated heterocycles. The molecule has 1 aromatic rings. The molecule has 0 unspecified atom stereocenters. The first kappa shape index (κ1) is 15.4. The first-order chi connectivity index (χ1) is 9.13. The van der Waals surface area contributed by atoms with Gasteiger partial charge in [0.25, 0.3) is 10.0 Å². The van der Waals surface area contributed by atoms with Gasteiger partial charge in [0.15, 0.2) is 5.03 Å². The molecule has 0 spiro atoms. The van der Waals surface area contributed by atoms with Gasteiger partial charge in [0.2, 0.25) is 0 Å². The summed E-state index contributed by atoms with van der Waals surface area (Å²) in [5, 5.41) is 0.0472. The minimum atomic E-state index is -3.54. The van der Waals surface area contributed by atoms with Crippen molar-refractivity contribution in [3.05, 3.63) is 23.9 Å². The molecule has 0 atom stereocenters. The fraction of sp³-hybridized carbons (Fsp3) is 0.643. The van der Waals surface area contributed by atoms with Crippen molar-refractivity contribution in [3.63, 3.8) is 0 Å². The van der Waals surface area contributed by atoms with Crippen LogP contribution in [0.4, 0.5) is 0 Å². The van der Waals surface area contributed by atoms with Crippen molar-refractivity contribution in [1.82, 2.24) is 9.71 Å². The number of sulfonamides is 1. The summed E-state index contributed by atoms with van der Waals surface area (Å²) in [6.45, 7) is 9.47. The van der Waals surface area contributed by atoms with Gasteiger partial charge in [-0.05, 0) is 28.4 Å². The summed E-state index contributed by atoms with van der Waals surface area (Å²) in [6.07, 6.45) is 1.50. The third-order valence-corrected chi connectivity index (χ3v) is 6.44. The van der Waals surface area contributed by atoms with Gasteiger partial charge in [-0.3, -0.25) is 0 Å². The third kappa shape index (κ3) is 2.47. The lowest BCUT2D eigenvalue weighted by Crippen LogP contribution is -2.28. The molecule has 1 saturated carbocycles. The van der Waals surface area contributed by atoms with Crippen molar-refractivity contribution in [2.45, 2.75) is 39.3 Å². The number of nitrogens with zero attached hydrogens (tertiary/aromatic N) is 1. The topological polar surface area (TPSA) is 85.1 Å². The molecule has 112 valence electrons. The number of nitrogens with one attached hydrogen (secondary N) is 1. The molecular weight excluding hydrogens is 274 g/mol. The van der Waals surface area contributed by atoms with Crippen LogP contribution in [-0.2, 0) is 16.6 Å². The van der Waals surface area contributed by atoms with Crippen LogP contribution >= 0.6 is 0 Å². The highest BCUT2D eigenvalue weighted by Crippen LogP contribution is 2.67. The van der Waals surface area contributed by atoms with Crippen LogP contribution in [0, 0.1) is 16.7 Å². The van der Waals surface area contributed by atoms with Crippen LogP contribution in [0.25, 0.3) is 0 Å². The lowest BCUT2D eigenvalue weighted by atomic mass is 10.0. The van der Waals surface area contributed by atoms with Crippen molar-refractivity contribution < 1.29 is 8.42 Å². The van der Waals surface area contributed by atoms with E-state index in [0.717, 1.165) is 5.56 Å². The normalized spacial score (nSPS) is 20.9. The van der Waals surface area contributed by atoms with Crippen LogP contribution in [0.1, 0.15) is 33.3 Å². The first-order valence-electron chi connectivity index (χ1n) is 6.77. The van der Waals surface area contributed by atoms with E-state index in [1.165, 1.54) is 12.3 Å². The second-order valence-corrected chi connectivity index (χ2v) is 8.27. The Morgan fingerprint density at radius 1 is 1.25 bits per heavy atom. The molecule has 5 nitrogen and oxygen atoms in total. The fourth-order valence-electron chi connectivity index (χ4n) is 2.80. The maximum Gasteiger partial charge on any atom is 0.258 e. The Hall–Kier alpha value is -0.980. The maximum atomic E-state index is 12.2. The first-order valence-corrected chi connectivity index (χ1v) is 8.26. The Kier molecular flexibility index (Phi) is 3.69. The van der Waals surface area contributed by atoms with E-state index in [0.29, 0.717) is 19.0 Å². The predicted molar refractivity (Wildman–Crippen MR) is 78.4 cm³/mol. The van der Waals surface area contributed by atoms with Crippen molar-refractivity contribution in [2.75, 3.05) is 6.54 Å². The molecule has 1 aliphatic rings. The minimum Gasteiger partial charge on any atom is -0.326 e. The quantitative estimate of drug-likeness (QED) is 0.862. The summed E-state index contributed by atoms with van der Waals surface area (Å²) in [4.78, 5) is 3.96. The minimum absolute atomic E-state index is 0.0472. The standard InChI is InChI=1S/C14H23N3O2S/c1-13(2)11(14(13,3)4)9-17-20(18,19)12-6-5-10(7-15)8-16-12/h5-6,8,11,17H,7,9,15H2,1-4H3. The zero-order chi connectivity index (χ0) is 15.2. The molecule has 20 heavy (non-hydrogen) atoms. The Morgan fingerprint density at radius 3 is 2.25 bits per heavy atom. The molecule has 1 heterocycles. The van der Waals surface area contributed by atoms with Gasteiger partial charge >= 0.3 is 0 Å². The van der Waals surface area contributed by atoms with E-state index in [4.69, 9.17) is 5.73 Å². The van der Waals surface area contributed by atoms with Gasteiger partial charge in [-0.1, -0.05) is 33.8 Å². The van der Waals surface area contributed by atoms with Gasteiger partial charge in [-0.2, -0.15) is 0 Å². The SMILES string of the molecule is CC1(C)C(CNS(=O)(=O)c2ccc(CN)cn2)C1(C)C. The summed E-state index contributed by atoms with van der Waals surface area (Å²) >= 11 is 0. The molecule has 0 aromatic carbocycles. The highest BCUT2D eigenvalue weighted by Gasteiger charge is 2.64. The average Bonchev–Trinajstić information content (AvgIpc) is 2.77. The lowest BCUT2D eigenvalue weighted by molar-refractivity contribution is 0.457.